The van der Waals surface area contributed by atoms with Crippen molar-refractivity contribution < 1.29 is 0 Å². The van der Waals surface area contributed by atoms with E-state index < -0.39 is 0 Å². The van der Waals surface area contributed by atoms with Gasteiger partial charge in [-0.05, 0) is 42.3 Å². The van der Waals surface area contributed by atoms with Crippen LogP contribution in [0.5, 0.6) is 0 Å². The number of nitriles is 1. The summed E-state index contributed by atoms with van der Waals surface area (Å²) in [6, 6.07) is 17.3. The largest absolute Gasteiger partial charge is 0.346 e. The van der Waals surface area contributed by atoms with Gasteiger partial charge >= 0.3 is 0 Å². The van der Waals surface area contributed by atoms with Crippen LogP contribution in [0.15, 0.2) is 65.0 Å². The molecule has 0 aliphatic carbocycles. The van der Waals surface area contributed by atoms with Crippen molar-refractivity contribution in [2.24, 2.45) is 0 Å². The van der Waals surface area contributed by atoms with Gasteiger partial charge in [0, 0.05) is 23.4 Å². The van der Waals surface area contributed by atoms with Crippen molar-refractivity contribution in [3.63, 3.8) is 0 Å². The third-order valence-corrected chi connectivity index (χ3v) is 5.89. The molecule has 1 N–H and O–H groups in total. The molecule has 6 heteroatoms. The molecule has 0 radical (unpaired) electrons. The summed E-state index contributed by atoms with van der Waals surface area (Å²) in [4.78, 5) is 24.7. The van der Waals surface area contributed by atoms with E-state index in [0.717, 1.165) is 38.2 Å². The molecule has 0 atom stereocenters. The zero-order valence-electron chi connectivity index (χ0n) is 15.4. The highest BCUT2D eigenvalue weighted by atomic mass is 32.1. The number of fused-ring (bicyclic) bond motifs is 2. The number of hydrogen-bond donors (Lipinski definition) is 1. The molecule has 2 aromatic carbocycles. The van der Waals surface area contributed by atoms with Crippen LogP contribution in [0.1, 0.15) is 11.1 Å². The van der Waals surface area contributed by atoms with Crippen molar-refractivity contribution in [1.82, 2.24) is 15.0 Å². The Morgan fingerprint density at radius 2 is 2.00 bits per heavy atom. The van der Waals surface area contributed by atoms with Gasteiger partial charge in [-0.2, -0.15) is 5.26 Å². The molecule has 0 bridgehead atoms. The Bertz CT molecular complexity index is 1510. The number of aromatic amines is 1. The van der Waals surface area contributed by atoms with Crippen molar-refractivity contribution in [3.8, 4) is 28.5 Å². The van der Waals surface area contributed by atoms with Crippen LogP contribution in [-0.2, 0) is 0 Å². The number of benzene rings is 2. The van der Waals surface area contributed by atoms with Crippen LogP contribution in [0.3, 0.4) is 0 Å². The predicted octanol–water partition coefficient (Wildman–Crippen LogP) is 5.05. The molecule has 5 rings (SSSR count). The highest BCUT2D eigenvalue weighted by Gasteiger charge is 2.16. The second-order valence-electron chi connectivity index (χ2n) is 6.75. The van der Waals surface area contributed by atoms with E-state index in [1.165, 1.54) is 6.07 Å². The maximum atomic E-state index is 12.4. The second-order valence-corrected chi connectivity index (χ2v) is 7.63. The number of nitrogens with zero attached hydrogens (tertiary/aromatic N) is 3. The quantitative estimate of drug-likeness (QED) is 0.454. The average Bonchev–Trinajstić information content (AvgIpc) is 3.21. The Morgan fingerprint density at radius 3 is 2.86 bits per heavy atom. The molecule has 0 saturated heterocycles. The molecular weight excluding hydrogens is 380 g/mol. The van der Waals surface area contributed by atoms with Gasteiger partial charge in [0.2, 0.25) is 0 Å². The van der Waals surface area contributed by atoms with Gasteiger partial charge in [-0.25, -0.2) is 9.97 Å². The molecule has 0 spiro atoms. The molecule has 0 aliphatic heterocycles. The van der Waals surface area contributed by atoms with Crippen LogP contribution in [0, 0.1) is 18.3 Å². The minimum absolute atomic E-state index is 0.0829. The average molecular weight is 394 g/mol. The molecule has 29 heavy (non-hydrogen) atoms. The van der Waals surface area contributed by atoms with Crippen LogP contribution < -0.4 is 5.43 Å². The number of rotatable bonds is 2. The molecule has 0 saturated carbocycles. The number of pyridine rings is 2. The lowest BCUT2D eigenvalue weighted by Gasteiger charge is -2.14. The van der Waals surface area contributed by atoms with Gasteiger partial charge in [-0.3, -0.25) is 4.79 Å². The van der Waals surface area contributed by atoms with Crippen LogP contribution in [0.2, 0.25) is 0 Å². The van der Waals surface area contributed by atoms with E-state index in [1.807, 2.05) is 42.8 Å². The van der Waals surface area contributed by atoms with E-state index in [9.17, 15) is 10.1 Å². The fraction of sp³-hybridized carbons (Fsp3) is 0.0435. The third-order valence-electron chi connectivity index (χ3n) is 5.09. The van der Waals surface area contributed by atoms with E-state index in [-0.39, 0.29) is 5.43 Å². The molecule has 3 aromatic heterocycles. The maximum Gasteiger partial charge on any atom is 0.191 e. The number of aromatic nitrogens is 3. The summed E-state index contributed by atoms with van der Waals surface area (Å²) in [5.41, 5.74) is 8.08. The van der Waals surface area contributed by atoms with Gasteiger partial charge in [0.25, 0.3) is 0 Å². The van der Waals surface area contributed by atoms with E-state index in [0.29, 0.717) is 16.6 Å². The molecule has 3 heterocycles. The summed E-state index contributed by atoms with van der Waals surface area (Å²) in [6.07, 6.45) is 1.60. The topological polar surface area (TPSA) is 82.4 Å². The van der Waals surface area contributed by atoms with Crippen molar-refractivity contribution in [2.75, 3.05) is 0 Å². The fourth-order valence-corrected chi connectivity index (χ4v) is 4.27. The first-order valence-corrected chi connectivity index (χ1v) is 9.90. The monoisotopic (exact) mass is 394 g/mol. The number of H-pyrrole nitrogens is 1. The highest BCUT2D eigenvalue weighted by Crippen LogP contribution is 2.36. The Kier molecular flexibility index (Phi) is 3.97. The fourth-order valence-electron chi connectivity index (χ4n) is 3.56. The summed E-state index contributed by atoms with van der Waals surface area (Å²) in [6.45, 7) is 1.92. The maximum absolute atomic E-state index is 12.4. The Morgan fingerprint density at radius 1 is 1.10 bits per heavy atom. The molecule has 5 nitrogen and oxygen atoms in total. The van der Waals surface area contributed by atoms with Gasteiger partial charge in [-0.15, -0.1) is 11.3 Å². The molecule has 0 aliphatic rings. The van der Waals surface area contributed by atoms with E-state index >= 15 is 0 Å². The number of thiazole rings is 1. The molecule has 0 fully saturated rings. The zero-order chi connectivity index (χ0) is 20.0. The highest BCUT2D eigenvalue weighted by molar-refractivity contribution is 7.16. The summed E-state index contributed by atoms with van der Waals surface area (Å²) >= 11 is 1.57. The molecule has 5 aromatic rings. The summed E-state index contributed by atoms with van der Waals surface area (Å²) in [7, 11) is 0. The van der Waals surface area contributed by atoms with Gasteiger partial charge in [0.1, 0.15) is 5.65 Å². The Hall–Kier alpha value is -3.82. The van der Waals surface area contributed by atoms with Crippen LogP contribution in [0.4, 0.5) is 0 Å². The van der Waals surface area contributed by atoms with Crippen LogP contribution in [0.25, 0.3) is 43.6 Å². The Balaban J connectivity index is 1.88. The smallest absolute Gasteiger partial charge is 0.191 e. The second kappa shape index (κ2) is 6.66. The van der Waals surface area contributed by atoms with Gasteiger partial charge in [0.05, 0.1) is 38.4 Å². The van der Waals surface area contributed by atoms with E-state index in [2.05, 4.69) is 22.1 Å². The summed E-state index contributed by atoms with van der Waals surface area (Å²) in [5, 5.41) is 9.99. The van der Waals surface area contributed by atoms with E-state index in [4.69, 9.17) is 4.98 Å². The molecule has 0 unspecified atom stereocenters. The molecular formula is C23H14N4OS. The first-order chi connectivity index (χ1) is 14.2. The van der Waals surface area contributed by atoms with Crippen molar-refractivity contribution >= 4 is 32.6 Å². The van der Waals surface area contributed by atoms with E-state index in [1.54, 1.807) is 23.6 Å². The minimum atomic E-state index is -0.0829. The third kappa shape index (κ3) is 2.80. The van der Waals surface area contributed by atoms with Crippen LogP contribution >= 0.6 is 11.3 Å². The predicted molar refractivity (Wildman–Crippen MR) is 116 cm³/mol. The summed E-state index contributed by atoms with van der Waals surface area (Å²) in [5.74, 6) is 0. The van der Waals surface area contributed by atoms with Crippen LogP contribution in [-0.4, -0.2) is 15.0 Å². The molecule has 138 valence electrons. The normalized spacial score (nSPS) is 11.0. The SMILES string of the molecule is Cc1c(C#N)cccc1-c1nc2[nH]ccc(=O)c2cc1-c1ccc2ncsc2c1. The lowest BCUT2D eigenvalue weighted by atomic mass is 9.93. The van der Waals surface area contributed by atoms with Crippen molar-refractivity contribution in [1.29, 1.82) is 5.26 Å². The van der Waals surface area contributed by atoms with Crippen molar-refractivity contribution in [3.05, 3.63) is 81.6 Å². The lowest BCUT2D eigenvalue weighted by Crippen LogP contribution is -2.04. The first-order valence-electron chi connectivity index (χ1n) is 9.02. The standard InChI is InChI=1S/C23H14N4OS/c1-13-15(11-24)3-2-4-16(13)22-17(10-18-20(28)7-8-25-23(18)27-22)14-5-6-19-21(9-14)29-12-26-19/h2-10,12H,1H3,(H,25,27,28). The first kappa shape index (κ1) is 17.3. The number of hydrogen-bond acceptors (Lipinski definition) is 5. The minimum Gasteiger partial charge on any atom is -0.346 e. The zero-order valence-corrected chi connectivity index (χ0v) is 16.2. The summed E-state index contributed by atoms with van der Waals surface area (Å²) < 4.78 is 1.07. The van der Waals surface area contributed by atoms with Gasteiger partial charge in [-0.1, -0.05) is 18.2 Å². The van der Waals surface area contributed by atoms with Gasteiger partial charge < -0.3 is 4.98 Å². The van der Waals surface area contributed by atoms with Gasteiger partial charge in [0.15, 0.2) is 5.43 Å². The molecule has 0 amide bonds. The number of nitrogens with one attached hydrogen (secondary N) is 1. The lowest BCUT2D eigenvalue weighted by molar-refractivity contribution is 1.27. The Labute approximate surface area is 169 Å². The van der Waals surface area contributed by atoms with Crippen molar-refractivity contribution in [2.45, 2.75) is 6.92 Å².